The Morgan fingerprint density at radius 1 is 1.45 bits per heavy atom. The van der Waals surface area contributed by atoms with E-state index in [1.165, 1.54) is 0 Å². The van der Waals surface area contributed by atoms with Gasteiger partial charge in [-0.3, -0.25) is 4.40 Å². The first-order valence-electron chi connectivity index (χ1n) is 3.15. The molecule has 0 aromatic carbocycles. The van der Waals surface area contributed by atoms with Crippen molar-refractivity contribution in [2.75, 3.05) is 0 Å². The molecule has 0 saturated carbocycles. The first kappa shape index (κ1) is 6.69. The van der Waals surface area contributed by atoms with Crippen LogP contribution in [0.1, 0.15) is 0 Å². The summed E-state index contributed by atoms with van der Waals surface area (Å²) in [6.07, 6.45) is 3.50. The van der Waals surface area contributed by atoms with Crippen molar-refractivity contribution >= 4 is 17.7 Å². The second-order valence-corrected chi connectivity index (χ2v) is 2.72. The Labute approximate surface area is 67.9 Å². The molecule has 0 aliphatic rings. The van der Waals surface area contributed by atoms with E-state index in [-0.39, 0.29) is 0 Å². The molecule has 0 fully saturated rings. The normalized spacial score (nSPS) is 10.6. The second-order valence-electron chi connectivity index (χ2n) is 2.12. The van der Waals surface area contributed by atoms with Gasteiger partial charge in [0.15, 0.2) is 0 Å². The minimum absolute atomic E-state index is 0.705. The fourth-order valence-corrected chi connectivity index (χ4v) is 1.32. The van der Waals surface area contributed by atoms with Crippen LogP contribution < -0.4 is 0 Å². The maximum absolute atomic E-state index is 8.78. The molecule has 2 rings (SSSR count). The molecule has 11 heavy (non-hydrogen) atoms. The third kappa shape index (κ3) is 1.00. The SMILES string of the molecule is OSc1cnc2ccccn12. The number of hydrogen-bond acceptors (Lipinski definition) is 3. The Kier molecular flexibility index (Phi) is 1.56. The summed E-state index contributed by atoms with van der Waals surface area (Å²) in [4.78, 5) is 4.07. The van der Waals surface area contributed by atoms with Gasteiger partial charge in [0.2, 0.25) is 0 Å². The van der Waals surface area contributed by atoms with Gasteiger partial charge in [-0.1, -0.05) is 6.07 Å². The molecule has 2 aromatic rings. The van der Waals surface area contributed by atoms with E-state index in [1.54, 1.807) is 6.20 Å². The molecule has 56 valence electrons. The molecule has 0 unspecified atom stereocenters. The van der Waals surface area contributed by atoms with E-state index in [0.717, 1.165) is 10.7 Å². The fourth-order valence-electron chi connectivity index (χ4n) is 0.977. The van der Waals surface area contributed by atoms with Crippen molar-refractivity contribution in [2.24, 2.45) is 0 Å². The van der Waals surface area contributed by atoms with Gasteiger partial charge in [0.1, 0.15) is 10.7 Å². The van der Waals surface area contributed by atoms with Gasteiger partial charge in [0, 0.05) is 18.2 Å². The zero-order chi connectivity index (χ0) is 7.68. The van der Waals surface area contributed by atoms with Crippen LogP contribution in [0.15, 0.2) is 35.6 Å². The van der Waals surface area contributed by atoms with Crippen molar-refractivity contribution in [1.29, 1.82) is 0 Å². The molecule has 1 N–H and O–H groups in total. The van der Waals surface area contributed by atoms with Gasteiger partial charge >= 0.3 is 0 Å². The summed E-state index contributed by atoms with van der Waals surface area (Å²) in [6, 6.07) is 5.70. The number of fused-ring (bicyclic) bond motifs is 1. The lowest BCUT2D eigenvalue weighted by Crippen LogP contribution is -1.82. The topological polar surface area (TPSA) is 37.5 Å². The third-order valence-electron chi connectivity index (χ3n) is 1.48. The number of aromatic nitrogens is 2. The molecule has 0 radical (unpaired) electrons. The van der Waals surface area contributed by atoms with Crippen LogP contribution in [0.2, 0.25) is 0 Å². The number of pyridine rings is 1. The molecule has 0 atom stereocenters. The monoisotopic (exact) mass is 166 g/mol. The van der Waals surface area contributed by atoms with Crippen LogP contribution in [-0.2, 0) is 0 Å². The molecule has 3 nitrogen and oxygen atoms in total. The standard InChI is InChI=1S/C7H6N2OS/c10-11-7-5-8-6-3-1-2-4-9(6)7/h1-5,10H. The van der Waals surface area contributed by atoms with Crippen LogP contribution >= 0.6 is 12.0 Å². The van der Waals surface area contributed by atoms with E-state index < -0.39 is 0 Å². The summed E-state index contributed by atoms with van der Waals surface area (Å²) < 4.78 is 10.6. The number of nitrogens with zero attached hydrogens (tertiary/aromatic N) is 2. The highest BCUT2D eigenvalue weighted by molar-refractivity contribution is 7.93. The summed E-state index contributed by atoms with van der Waals surface area (Å²) >= 11 is 0.705. The van der Waals surface area contributed by atoms with Crippen LogP contribution in [0.3, 0.4) is 0 Å². The molecule has 2 heterocycles. The van der Waals surface area contributed by atoms with Crippen molar-refractivity contribution in [3.05, 3.63) is 30.6 Å². The van der Waals surface area contributed by atoms with E-state index in [0.29, 0.717) is 12.0 Å². The Balaban J connectivity index is 2.76. The molecular weight excluding hydrogens is 160 g/mol. The molecule has 0 amide bonds. The van der Waals surface area contributed by atoms with Crippen LogP contribution in [-0.4, -0.2) is 13.9 Å². The maximum atomic E-state index is 8.78. The van der Waals surface area contributed by atoms with Crippen molar-refractivity contribution in [2.45, 2.75) is 5.03 Å². The Bertz CT molecular complexity index is 371. The Morgan fingerprint density at radius 3 is 3.18 bits per heavy atom. The summed E-state index contributed by atoms with van der Waals surface area (Å²) in [5.74, 6) is 0. The number of hydrogen-bond donors (Lipinski definition) is 1. The first-order chi connectivity index (χ1) is 5.42. The smallest absolute Gasteiger partial charge is 0.137 e. The van der Waals surface area contributed by atoms with Crippen LogP contribution in [0.5, 0.6) is 0 Å². The van der Waals surface area contributed by atoms with Gasteiger partial charge in [-0.15, -0.1) is 0 Å². The highest BCUT2D eigenvalue weighted by atomic mass is 32.2. The van der Waals surface area contributed by atoms with E-state index in [1.807, 2.05) is 28.8 Å². The highest BCUT2D eigenvalue weighted by Gasteiger charge is 1.99. The maximum Gasteiger partial charge on any atom is 0.137 e. The molecule has 4 heteroatoms. The summed E-state index contributed by atoms with van der Waals surface area (Å²) in [5, 5.41) is 0.737. The van der Waals surface area contributed by atoms with E-state index in [2.05, 4.69) is 4.98 Å². The van der Waals surface area contributed by atoms with Gasteiger partial charge in [-0.05, 0) is 12.1 Å². The predicted molar refractivity (Wildman–Crippen MR) is 43.7 cm³/mol. The summed E-state index contributed by atoms with van der Waals surface area (Å²) in [6.45, 7) is 0. The molecule has 0 saturated heterocycles. The van der Waals surface area contributed by atoms with Crippen LogP contribution in [0.4, 0.5) is 0 Å². The summed E-state index contributed by atoms with van der Waals surface area (Å²) in [7, 11) is 0. The Morgan fingerprint density at radius 2 is 2.36 bits per heavy atom. The van der Waals surface area contributed by atoms with Crippen molar-refractivity contribution < 1.29 is 4.55 Å². The fraction of sp³-hybridized carbons (Fsp3) is 0. The largest absolute Gasteiger partial charge is 0.324 e. The lowest BCUT2D eigenvalue weighted by molar-refractivity contribution is 0.659. The van der Waals surface area contributed by atoms with E-state index >= 15 is 0 Å². The second kappa shape index (κ2) is 2.56. The number of imidazole rings is 1. The Hall–Kier alpha value is -1.00. The van der Waals surface area contributed by atoms with E-state index in [4.69, 9.17) is 4.55 Å². The van der Waals surface area contributed by atoms with Gasteiger partial charge in [0.05, 0.1) is 6.20 Å². The minimum atomic E-state index is 0.705. The van der Waals surface area contributed by atoms with Crippen LogP contribution in [0.25, 0.3) is 5.65 Å². The minimum Gasteiger partial charge on any atom is -0.324 e. The van der Waals surface area contributed by atoms with Crippen molar-refractivity contribution in [1.82, 2.24) is 9.38 Å². The number of rotatable bonds is 1. The van der Waals surface area contributed by atoms with Gasteiger partial charge in [-0.2, -0.15) is 0 Å². The van der Waals surface area contributed by atoms with Gasteiger partial charge in [0.25, 0.3) is 0 Å². The highest BCUT2D eigenvalue weighted by Crippen LogP contribution is 2.15. The predicted octanol–water partition coefficient (Wildman–Crippen LogP) is 1.90. The van der Waals surface area contributed by atoms with Crippen molar-refractivity contribution in [3.8, 4) is 0 Å². The molecule has 0 bridgehead atoms. The zero-order valence-electron chi connectivity index (χ0n) is 5.64. The van der Waals surface area contributed by atoms with Gasteiger partial charge < -0.3 is 4.55 Å². The molecule has 0 aliphatic heterocycles. The average Bonchev–Trinajstić information content (AvgIpc) is 2.47. The quantitative estimate of drug-likeness (QED) is 0.657. The zero-order valence-corrected chi connectivity index (χ0v) is 6.45. The van der Waals surface area contributed by atoms with Gasteiger partial charge in [-0.25, -0.2) is 4.98 Å². The summed E-state index contributed by atoms with van der Waals surface area (Å²) in [5.41, 5.74) is 0.851. The molecular formula is C7H6N2OS. The van der Waals surface area contributed by atoms with Crippen LogP contribution in [0, 0.1) is 0 Å². The molecule has 0 spiro atoms. The third-order valence-corrected chi connectivity index (χ3v) is 1.97. The van der Waals surface area contributed by atoms with Crippen molar-refractivity contribution in [3.63, 3.8) is 0 Å². The average molecular weight is 166 g/mol. The first-order valence-corrected chi connectivity index (χ1v) is 3.92. The lowest BCUT2D eigenvalue weighted by atomic mass is 10.5. The van der Waals surface area contributed by atoms with E-state index in [9.17, 15) is 0 Å². The lowest BCUT2D eigenvalue weighted by Gasteiger charge is -1.93. The molecule has 2 aromatic heterocycles. The molecule has 0 aliphatic carbocycles.